The van der Waals surface area contributed by atoms with Crippen LogP contribution in [0.1, 0.15) is 28.9 Å². The van der Waals surface area contributed by atoms with E-state index in [0.29, 0.717) is 6.61 Å². The van der Waals surface area contributed by atoms with Crippen LogP contribution in [-0.2, 0) is 17.7 Å². The number of aromatic nitrogens is 3. The van der Waals surface area contributed by atoms with Crippen molar-refractivity contribution in [3.8, 4) is 0 Å². The summed E-state index contributed by atoms with van der Waals surface area (Å²) in [7, 11) is 0. The van der Waals surface area contributed by atoms with Gasteiger partial charge in [-0.15, -0.1) is 0 Å². The van der Waals surface area contributed by atoms with E-state index in [1.54, 1.807) is 6.20 Å². The van der Waals surface area contributed by atoms with E-state index in [9.17, 15) is 0 Å². The molecule has 1 aromatic carbocycles. The first-order chi connectivity index (χ1) is 12.8. The van der Waals surface area contributed by atoms with Gasteiger partial charge in [0.05, 0.1) is 18.8 Å². The summed E-state index contributed by atoms with van der Waals surface area (Å²) in [6.45, 7) is 3.20. The number of nitrogens with one attached hydrogen (secondary N) is 1. The Balaban J connectivity index is 1.46. The van der Waals surface area contributed by atoms with Crippen molar-refractivity contribution in [3.63, 3.8) is 0 Å². The molecule has 134 valence electrons. The van der Waals surface area contributed by atoms with Crippen LogP contribution >= 0.6 is 11.6 Å². The highest BCUT2D eigenvalue weighted by Gasteiger charge is 2.23. The van der Waals surface area contributed by atoms with Gasteiger partial charge in [0.15, 0.2) is 0 Å². The Hall–Kier alpha value is -2.21. The molecule has 0 saturated carbocycles. The number of pyridine rings is 1. The second kappa shape index (κ2) is 7.99. The number of H-pyrrole nitrogens is 1. The third-order valence-corrected chi connectivity index (χ3v) is 4.94. The maximum absolute atomic E-state index is 6.28. The molecule has 4 rings (SSSR count). The van der Waals surface area contributed by atoms with Crippen molar-refractivity contribution in [2.24, 2.45) is 0 Å². The van der Waals surface area contributed by atoms with E-state index in [0.717, 1.165) is 53.9 Å². The quantitative estimate of drug-likeness (QED) is 0.747. The van der Waals surface area contributed by atoms with E-state index in [1.807, 2.05) is 48.7 Å². The number of morpholine rings is 1. The van der Waals surface area contributed by atoms with E-state index in [-0.39, 0.29) is 6.10 Å². The predicted molar refractivity (Wildman–Crippen MR) is 101 cm³/mol. The fourth-order valence-electron chi connectivity index (χ4n) is 3.23. The third-order valence-electron chi connectivity index (χ3n) is 4.57. The second-order valence-corrected chi connectivity index (χ2v) is 6.86. The highest BCUT2D eigenvalue weighted by Crippen LogP contribution is 2.23. The van der Waals surface area contributed by atoms with E-state index < -0.39 is 0 Å². The van der Waals surface area contributed by atoms with Gasteiger partial charge in [0.2, 0.25) is 0 Å². The van der Waals surface area contributed by atoms with Crippen molar-refractivity contribution in [1.29, 1.82) is 0 Å². The van der Waals surface area contributed by atoms with Crippen LogP contribution in [0, 0.1) is 0 Å². The van der Waals surface area contributed by atoms with Crippen molar-refractivity contribution in [2.45, 2.75) is 19.1 Å². The lowest BCUT2D eigenvalue weighted by Gasteiger charge is -2.32. The normalized spacial score (nSPS) is 18.1. The van der Waals surface area contributed by atoms with Gasteiger partial charge in [-0.05, 0) is 23.8 Å². The van der Waals surface area contributed by atoms with Gasteiger partial charge < -0.3 is 9.72 Å². The first kappa shape index (κ1) is 17.2. The van der Waals surface area contributed by atoms with Gasteiger partial charge in [-0.25, -0.2) is 4.98 Å². The molecule has 26 heavy (non-hydrogen) atoms. The topological polar surface area (TPSA) is 54.0 Å². The van der Waals surface area contributed by atoms with Crippen LogP contribution in [0.4, 0.5) is 0 Å². The number of benzene rings is 1. The third kappa shape index (κ3) is 4.12. The summed E-state index contributed by atoms with van der Waals surface area (Å²) in [6.07, 6.45) is 4.33. The molecule has 5 nitrogen and oxygen atoms in total. The number of nitrogens with zero attached hydrogens (tertiary/aromatic N) is 3. The summed E-state index contributed by atoms with van der Waals surface area (Å²) >= 11 is 6.28. The van der Waals surface area contributed by atoms with Crippen LogP contribution in [0.25, 0.3) is 0 Å². The molecule has 0 spiro atoms. The molecule has 0 bridgehead atoms. The number of hydrogen-bond donors (Lipinski definition) is 1. The number of hydrogen-bond acceptors (Lipinski definition) is 4. The van der Waals surface area contributed by atoms with Crippen molar-refractivity contribution in [1.82, 2.24) is 19.9 Å². The van der Waals surface area contributed by atoms with Gasteiger partial charge in [-0.2, -0.15) is 0 Å². The lowest BCUT2D eigenvalue weighted by molar-refractivity contribution is -0.0357. The van der Waals surface area contributed by atoms with E-state index >= 15 is 0 Å². The summed E-state index contributed by atoms with van der Waals surface area (Å²) in [4.78, 5) is 14.6. The minimum absolute atomic E-state index is 0.0232. The number of imidazole rings is 1. The van der Waals surface area contributed by atoms with Crippen LogP contribution in [0.15, 0.2) is 54.9 Å². The number of ether oxygens (including phenoxy) is 1. The van der Waals surface area contributed by atoms with Crippen LogP contribution in [0.5, 0.6) is 0 Å². The molecule has 1 aliphatic rings. The van der Waals surface area contributed by atoms with Crippen molar-refractivity contribution >= 4 is 11.6 Å². The average molecular weight is 369 g/mol. The minimum Gasteiger partial charge on any atom is -0.369 e. The van der Waals surface area contributed by atoms with Gasteiger partial charge in [0.25, 0.3) is 0 Å². The van der Waals surface area contributed by atoms with E-state index in [4.69, 9.17) is 21.3 Å². The first-order valence-electron chi connectivity index (χ1n) is 8.79. The molecule has 2 aromatic heterocycles. The Bertz CT molecular complexity index is 853. The smallest absolute Gasteiger partial charge is 0.120 e. The summed E-state index contributed by atoms with van der Waals surface area (Å²) in [5.41, 5.74) is 3.06. The molecule has 1 aliphatic heterocycles. The molecule has 0 unspecified atom stereocenters. The SMILES string of the molecule is Clc1ccccc1Cc1cccc([C@H]2CN(Cc3ncc[nH]3)CCO2)n1. The van der Waals surface area contributed by atoms with Crippen LogP contribution in [0.3, 0.4) is 0 Å². The molecule has 6 heteroatoms. The Morgan fingerprint density at radius 3 is 2.96 bits per heavy atom. The number of rotatable bonds is 5. The molecule has 3 heterocycles. The van der Waals surface area contributed by atoms with Gasteiger partial charge in [-0.3, -0.25) is 9.88 Å². The number of halogens is 1. The highest BCUT2D eigenvalue weighted by atomic mass is 35.5. The van der Waals surface area contributed by atoms with Gasteiger partial charge in [0.1, 0.15) is 11.9 Å². The molecular formula is C20H21ClN4O. The van der Waals surface area contributed by atoms with Gasteiger partial charge >= 0.3 is 0 Å². The lowest BCUT2D eigenvalue weighted by atomic mass is 10.1. The molecule has 0 aliphatic carbocycles. The molecule has 0 radical (unpaired) electrons. The molecule has 1 fully saturated rings. The monoisotopic (exact) mass is 368 g/mol. The second-order valence-electron chi connectivity index (χ2n) is 6.45. The van der Waals surface area contributed by atoms with Gasteiger partial charge in [-0.1, -0.05) is 35.9 Å². The summed E-state index contributed by atoms with van der Waals surface area (Å²) in [6, 6.07) is 14.0. The Kier molecular flexibility index (Phi) is 5.29. The standard InChI is InChI=1S/C20H21ClN4O/c21-17-6-2-1-4-15(17)12-16-5-3-7-18(24-16)19-13-25(10-11-26-19)14-20-22-8-9-23-20/h1-9,19H,10-14H2,(H,22,23)/t19-/m1/s1. The Morgan fingerprint density at radius 1 is 1.19 bits per heavy atom. The summed E-state index contributed by atoms with van der Waals surface area (Å²) in [5.74, 6) is 0.978. The van der Waals surface area contributed by atoms with Crippen LogP contribution in [-0.4, -0.2) is 39.5 Å². The highest BCUT2D eigenvalue weighted by molar-refractivity contribution is 6.31. The maximum Gasteiger partial charge on any atom is 0.120 e. The Labute approximate surface area is 158 Å². The zero-order valence-corrected chi connectivity index (χ0v) is 15.2. The molecule has 1 N–H and O–H groups in total. The zero-order chi connectivity index (χ0) is 17.8. The zero-order valence-electron chi connectivity index (χ0n) is 14.4. The molecule has 1 saturated heterocycles. The molecule has 0 amide bonds. The van der Waals surface area contributed by atoms with Crippen LogP contribution in [0.2, 0.25) is 5.02 Å². The Morgan fingerprint density at radius 2 is 2.12 bits per heavy atom. The summed E-state index contributed by atoms with van der Waals surface area (Å²) < 4.78 is 5.98. The van der Waals surface area contributed by atoms with Crippen molar-refractivity contribution in [2.75, 3.05) is 19.7 Å². The first-order valence-corrected chi connectivity index (χ1v) is 9.17. The predicted octanol–water partition coefficient (Wildman–Crippen LogP) is 3.62. The largest absolute Gasteiger partial charge is 0.369 e. The fraction of sp³-hybridized carbons (Fsp3) is 0.300. The minimum atomic E-state index is -0.0232. The fourth-order valence-corrected chi connectivity index (χ4v) is 3.44. The van der Waals surface area contributed by atoms with Crippen molar-refractivity contribution in [3.05, 3.63) is 82.7 Å². The van der Waals surface area contributed by atoms with Crippen LogP contribution < -0.4 is 0 Å². The molecule has 3 aromatic rings. The number of aromatic amines is 1. The lowest BCUT2D eigenvalue weighted by Crippen LogP contribution is -2.38. The molecular weight excluding hydrogens is 348 g/mol. The van der Waals surface area contributed by atoms with E-state index in [1.165, 1.54) is 0 Å². The van der Waals surface area contributed by atoms with Gasteiger partial charge in [0, 0.05) is 42.6 Å². The van der Waals surface area contributed by atoms with E-state index in [2.05, 4.69) is 14.9 Å². The van der Waals surface area contributed by atoms with Crippen molar-refractivity contribution < 1.29 is 4.74 Å². The summed E-state index contributed by atoms with van der Waals surface area (Å²) in [5, 5.41) is 0.776. The maximum atomic E-state index is 6.28. The average Bonchev–Trinajstić information content (AvgIpc) is 3.17. The molecule has 1 atom stereocenters.